The number of carbonyl (C=O) groups is 1. The zero-order valence-electron chi connectivity index (χ0n) is 27.6. The maximum absolute atomic E-state index is 12.4. The van der Waals surface area contributed by atoms with Gasteiger partial charge in [0.1, 0.15) is 89.9 Å². The second-order valence-electron chi connectivity index (χ2n) is 12.5. The van der Waals surface area contributed by atoms with Crippen LogP contribution < -0.4 is 9.47 Å². The number of benzene rings is 3. The topological polar surface area (TPSA) is 275 Å². The summed E-state index contributed by atoms with van der Waals surface area (Å²) in [5, 5.41) is 103. The van der Waals surface area contributed by atoms with E-state index >= 15 is 0 Å². The van der Waals surface area contributed by atoms with Gasteiger partial charge in [0.2, 0.25) is 12.6 Å². The number of esters is 1. The minimum atomic E-state index is -1.85. The van der Waals surface area contributed by atoms with Crippen molar-refractivity contribution < 1.29 is 84.3 Å². The summed E-state index contributed by atoms with van der Waals surface area (Å²) in [6.07, 6.45) is -13.9. The van der Waals surface area contributed by atoms with Crippen LogP contribution in [-0.4, -0.2) is 132 Å². The Hall–Kier alpha value is -4.95. The highest BCUT2D eigenvalue weighted by atomic mass is 16.7. The zero-order chi connectivity index (χ0) is 38.0. The summed E-state index contributed by atoms with van der Waals surface area (Å²) in [7, 11) is 0. The van der Waals surface area contributed by atoms with E-state index in [4.69, 9.17) is 28.4 Å². The third-order valence-corrected chi connectivity index (χ3v) is 8.78. The number of phenolic OH excluding ortho intramolecular Hbond substituents is 3. The molecule has 2 saturated heterocycles. The SMILES string of the molecule is O=C(C=Cc1ccc(O)cc1)OCC1OC(OC2=Cc3c(cc(O)cc3OC3OC(CO)C(O)C(O)C3O)OC2c2ccc(O)cc2)C(O)C(O)C1O. The van der Waals surface area contributed by atoms with E-state index in [2.05, 4.69) is 0 Å². The van der Waals surface area contributed by atoms with Gasteiger partial charge in [-0.3, -0.25) is 0 Å². The molecule has 0 bridgehead atoms. The van der Waals surface area contributed by atoms with Gasteiger partial charge in [0.05, 0.1) is 12.2 Å². The summed E-state index contributed by atoms with van der Waals surface area (Å²) >= 11 is 0. The molecule has 284 valence electrons. The van der Waals surface area contributed by atoms with Crippen LogP contribution in [0, 0.1) is 0 Å². The van der Waals surface area contributed by atoms with Crippen LogP contribution in [0.5, 0.6) is 28.7 Å². The summed E-state index contributed by atoms with van der Waals surface area (Å²) < 4.78 is 34.6. The van der Waals surface area contributed by atoms with Gasteiger partial charge in [-0.2, -0.15) is 0 Å². The quantitative estimate of drug-likeness (QED) is 0.0929. The summed E-state index contributed by atoms with van der Waals surface area (Å²) in [6.45, 7) is -1.29. The maximum atomic E-state index is 12.4. The number of ether oxygens (including phenoxy) is 6. The molecule has 3 aliphatic heterocycles. The molecule has 11 unspecified atom stereocenters. The number of aliphatic hydroxyl groups is 7. The molecule has 11 atom stereocenters. The van der Waals surface area contributed by atoms with Crippen molar-refractivity contribution in [2.45, 2.75) is 67.5 Å². The molecule has 10 N–H and O–H groups in total. The fourth-order valence-corrected chi connectivity index (χ4v) is 5.84. The molecular weight excluding hydrogens is 704 g/mol. The minimum absolute atomic E-state index is 0.0146. The lowest BCUT2D eigenvalue weighted by molar-refractivity contribution is -0.294. The highest BCUT2D eigenvalue weighted by molar-refractivity contribution is 5.87. The van der Waals surface area contributed by atoms with Gasteiger partial charge in [-0.25, -0.2) is 4.79 Å². The van der Waals surface area contributed by atoms with Gasteiger partial charge in [-0.05, 0) is 42.0 Å². The number of fused-ring (bicyclic) bond motifs is 1. The van der Waals surface area contributed by atoms with E-state index in [-0.39, 0.29) is 40.1 Å². The van der Waals surface area contributed by atoms with Crippen molar-refractivity contribution >= 4 is 18.1 Å². The van der Waals surface area contributed by atoms with E-state index in [1.54, 1.807) is 12.1 Å². The summed E-state index contributed by atoms with van der Waals surface area (Å²) in [5.74, 6) is -1.46. The Kier molecular flexibility index (Phi) is 11.4. The maximum Gasteiger partial charge on any atom is 0.330 e. The Bertz CT molecular complexity index is 1790. The molecule has 53 heavy (non-hydrogen) atoms. The Balaban J connectivity index is 1.26. The van der Waals surface area contributed by atoms with E-state index < -0.39 is 86.7 Å². The van der Waals surface area contributed by atoms with E-state index in [0.717, 1.165) is 12.1 Å². The molecule has 0 aromatic heterocycles. The lowest BCUT2D eigenvalue weighted by Gasteiger charge is -2.41. The summed E-state index contributed by atoms with van der Waals surface area (Å²) in [5.41, 5.74) is 1.07. The minimum Gasteiger partial charge on any atom is -0.508 e. The highest BCUT2D eigenvalue weighted by Crippen LogP contribution is 2.46. The molecule has 2 fully saturated rings. The van der Waals surface area contributed by atoms with Gasteiger partial charge in [-0.1, -0.05) is 24.3 Å². The largest absolute Gasteiger partial charge is 0.508 e. The Morgan fingerprint density at radius 2 is 1.28 bits per heavy atom. The molecule has 3 aromatic rings. The van der Waals surface area contributed by atoms with Crippen molar-refractivity contribution in [1.82, 2.24) is 0 Å². The van der Waals surface area contributed by atoms with Crippen molar-refractivity contribution in [2.75, 3.05) is 13.2 Å². The van der Waals surface area contributed by atoms with Gasteiger partial charge in [0, 0.05) is 23.8 Å². The lowest BCUT2D eigenvalue weighted by Crippen LogP contribution is -2.60. The Labute approximate surface area is 301 Å². The summed E-state index contributed by atoms with van der Waals surface area (Å²) in [6, 6.07) is 14.1. The molecule has 17 heteroatoms. The number of rotatable bonds is 10. The van der Waals surface area contributed by atoms with Gasteiger partial charge in [-0.15, -0.1) is 0 Å². The molecule has 3 aliphatic rings. The molecular formula is C36H38O17. The average molecular weight is 743 g/mol. The number of hydrogen-bond donors (Lipinski definition) is 10. The first-order valence-electron chi connectivity index (χ1n) is 16.3. The number of aromatic hydroxyl groups is 3. The van der Waals surface area contributed by atoms with E-state index in [0.29, 0.717) is 11.1 Å². The van der Waals surface area contributed by atoms with E-state index in [9.17, 15) is 55.9 Å². The zero-order valence-corrected chi connectivity index (χ0v) is 27.6. The highest BCUT2D eigenvalue weighted by Gasteiger charge is 2.47. The Morgan fingerprint density at radius 3 is 1.92 bits per heavy atom. The van der Waals surface area contributed by atoms with Crippen molar-refractivity contribution in [3.63, 3.8) is 0 Å². The fraction of sp³-hybridized carbons (Fsp3) is 0.361. The van der Waals surface area contributed by atoms with Crippen LogP contribution in [0.25, 0.3) is 12.2 Å². The third kappa shape index (κ3) is 8.33. The van der Waals surface area contributed by atoms with E-state index in [1.165, 1.54) is 54.6 Å². The molecule has 3 heterocycles. The van der Waals surface area contributed by atoms with Crippen LogP contribution in [0.2, 0.25) is 0 Å². The molecule has 0 saturated carbocycles. The van der Waals surface area contributed by atoms with Crippen molar-refractivity contribution in [1.29, 1.82) is 0 Å². The van der Waals surface area contributed by atoms with Gasteiger partial charge < -0.3 is 79.5 Å². The van der Waals surface area contributed by atoms with Crippen LogP contribution in [-0.2, 0) is 23.7 Å². The second kappa shape index (κ2) is 16.0. The second-order valence-corrected chi connectivity index (χ2v) is 12.5. The number of hydrogen-bond acceptors (Lipinski definition) is 17. The smallest absolute Gasteiger partial charge is 0.330 e. The van der Waals surface area contributed by atoms with Crippen LogP contribution >= 0.6 is 0 Å². The Morgan fingerprint density at radius 1 is 0.698 bits per heavy atom. The number of aliphatic hydroxyl groups excluding tert-OH is 7. The monoisotopic (exact) mass is 742 g/mol. The van der Waals surface area contributed by atoms with Crippen LogP contribution in [0.1, 0.15) is 22.8 Å². The van der Waals surface area contributed by atoms with Gasteiger partial charge in [0.25, 0.3) is 0 Å². The molecule has 0 radical (unpaired) electrons. The molecule has 17 nitrogen and oxygen atoms in total. The lowest BCUT2D eigenvalue weighted by atomic mass is 9.98. The van der Waals surface area contributed by atoms with Gasteiger partial charge in [0.15, 0.2) is 6.10 Å². The van der Waals surface area contributed by atoms with Crippen LogP contribution in [0.3, 0.4) is 0 Å². The predicted octanol–water partition coefficient (Wildman–Crippen LogP) is -0.463. The first kappa shape index (κ1) is 37.8. The molecule has 0 amide bonds. The van der Waals surface area contributed by atoms with E-state index in [1.807, 2.05) is 0 Å². The predicted molar refractivity (Wildman–Crippen MR) is 178 cm³/mol. The van der Waals surface area contributed by atoms with Crippen LogP contribution in [0.15, 0.2) is 72.5 Å². The summed E-state index contributed by atoms with van der Waals surface area (Å²) in [4.78, 5) is 12.4. The average Bonchev–Trinajstić information content (AvgIpc) is 3.14. The fourth-order valence-electron chi connectivity index (χ4n) is 5.84. The standard InChI is InChI=1S/C36H38O17/c37-14-25-28(42)30(44)32(46)35(52-25)50-23-12-20(40)11-22-21(23)13-24(34(49-22)17-4-8-19(39)9-5-17)51-36-33(47)31(45)29(43)26(53-36)15-48-27(41)10-3-16-1-6-18(38)7-2-16/h1-13,25-26,28-40,42-47H,14-15H2. The molecule has 3 aromatic carbocycles. The third-order valence-electron chi connectivity index (χ3n) is 8.78. The first-order valence-corrected chi connectivity index (χ1v) is 16.3. The van der Waals surface area contributed by atoms with Crippen molar-refractivity contribution in [3.05, 3.63) is 89.2 Å². The molecule has 6 rings (SSSR count). The van der Waals surface area contributed by atoms with Crippen LogP contribution in [0.4, 0.5) is 0 Å². The normalized spacial score (nSPS) is 31.2. The van der Waals surface area contributed by atoms with Crippen molar-refractivity contribution in [3.8, 4) is 28.7 Å². The molecule has 0 spiro atoms. The number of carbonyl (C=O) groups excluding carboxylic acids is 1. The first-order chi connectivity index (χ1) is 25.3. The van der Waals surface area contributed by atoms with Crippen molar-refractivity contribution in [2.24, 2.45) is 0 Å². The number of phenols is 3. The molecule has 0 aliphatic carbocycles. The van der Waals surface area contributed by atoms with Gasteiger partial charge >= 0.3 is 5.97 Å².